The van der Waals surface area contributed by atoms with Crippen molar-refractivity contribution in [1.82, 2.24) is 15.2 Å². The van der Waals surface area contributed by atoms with Gasteiger partial charge in [0.1, 0.15) is 11.6 Å². The molecule has 2 fully saturated rings. The number of aromatic nitrogens is 1. The molecule has 150 valence electrons. The molecule has 2 aromatic rings. The van der Waals surface area contributed by atoms with Crippen molar-refractivity contribution < 1.29 is 4.39 Å². The second kappa shape index (κ2) is 9.07. The Bertz CT molecular complexity index is 801. The molecule has 28 heavy (non-hydrogen) atoms. The molecule has 4 rings (SSSR count). The quantitative estimate of drug-likeness (QED) is 0.402. The van der Waals surface area contributed by atoms with Gasteiger partial charge in [0.05, 0.1) is 0 Å². The maximum Gasteiger partial charge on any atom is 0.193 e. The number of piperazine rings is 1. The maximum absolute atomic E-state index is 14.2. The van der Waals surface area contributed by atoms with Crippen LogP contribution in [-0.4, -0.2) is 55.6 Å². The van der Waals surface area contributed by atoms with Crippen molar-refractivity contribution in [1.29, 1.82) is 0 Å². The molecule has 1 saturated heterocycles. The van der Waals surface area contributed by atoms with Gasteiger partial charge in [-0.3, -0.25) is 4.99 Å². The van der Waals surface area contributed by atoms with Crippen molar-refractivity contribution in [2.75, 3.05) is 44.7 Å². The van der Waals surface area contributed by atoms with Gasteiger partial charge >= 0.3 is 0 Å². The minimum Gasteiger partial charge on any atom is -0.355 e. The SMILES string of the molecule is CN=C(NCC1(c2ccccc2F)CC1)N1CCN(c2ccccn2)CC1.I. The highest BCUT2D eigenvalue weighted by Crippen LogP contribution is 2.48. The first-order valence-electron chi connectivity index (χ1n) is 9.58. The summed E-state index contributed by atoms with van der Waals surface area (Å²) in [4.78, 5) is 13.5. The molecule has 1 saturated carbocycles. The summed E-state index contributed by atoms with van der Waals surface area (Å²) in [6.07, 6.45) is 3.87. The Morgan fingerprint density at radius 3 is 2.43 bits per heavy atom. The fourth-order valence-corrected chi connectivity index (χ4v) is 3.85. The summed E-state index contributed by atoms with van der Waals surface area (Å²) in [5, 5.41) is 3.50. The van der Waals surface area contributed by atoms with Gasteiger partial charge in [0.15, 0.2) is 5.96 Å². The van der Waals surface area contributed by atoms with Gasteiger partial charge < -0.3 is 15.1 Å². The minimum atomic E-state index is -0.101. The van der Waals surface area contributed by atoms with Gasteiger partial charge in [0.25, 0.3) is 0 Å². The highest BCUT2D eigenvalue weighted by atomic mass is 127. The van der Waals surface area contributed by atoms with Crippen LogP contribution < -0.4 is 10.2 Å². The third-order valence-electron chi connectivity index (χ3n) is 5.65. The van der Waals surface area contributed by atoms with Gasteiger partial charge in [-0.2, -0.15) is 0 Å². The van der Waals surface area contributed by atoms with E-state index in [0.29, 0.717) is 0 Å². The molecule has 5 nitrogen and oxygen atoms in total. The van der Waals surface area contributed by atoms with Gasteiger partial charge in [-0.05, 0) is 36.6 Å². The maximum atomic E-state index is 14.2. The van der Waals surface area contributed by atoms with E-state index in [-0.39, 0.29) is 35.2 Å². The van der Waals surface area contributed by atoms with Crippen LogP contribution in [0, 0.1) is 5.82 Å². The van der Waals surface area contributed by atoms with E-state index in [9.17, 15) is 4.39 Å². The van der Waals surface area contributed by atoms with Gasteiger partial charge in [-0.25, -0.2) is 9.37 Å². The number of benzene rings is 1. The van der Waals surface area contributed by atoms with Crippen LogP contribution in [0.5, 0.6) is 0 Å². The first-order chi connectivity index (χ1) is 13.2. The lowest BCUT2D eigenvalue weighted by molar-refractivity contribution is 0.369. The van der Waals surface area contributed by atoms with Crippen molar-refractivity contribution in [2.24, 2.45) is 4.99 Å². The van der Waals surface area contributed by atoms with Crippen molar-refractivity contribution in [3.05, 3.63) is 60.0 Å². The number of pyridine rings is 1. The second-order valence-corrected chi connectivity index (χ2v) is 7.32. The Morgan fingerprint density at radius 1 is 1.11 bits per heavy atom. The number of rotatable bonds is 4. The van der Waals surface area contributed by atoms with Crippen LogP contribution >= 0.6 is 24.0 Å². The molecular formula is C21H27FIN5. The zero-order chi connectivity index (χ0) is 18.7. The average molecular weight is 495 g/mol. The topological polar surface area (TPSA) is 43.8 Å². The third-order valence-corrected chi connectivity index (χ3v) is 5.65. The van der Waals surface area contributed by atoms with E-state index in [1.165, 1.54) is 0 Å². The lowest BCUT2D eigenvalue weighted by atomic mass is 9.95. The van der Waals surface area contributed by atoms with Crippen molar-refractivity contribution in [3.8, 4) is 0 Å². The lowest BCUT2D eigenvalue weighted by Crippen LogP contribution is -2.53. The molecule has 0 spiro atoms. The fourth-order valence-electron chi connectivity index (χ4n) is 3.85. The number of halogens is 2. The molecule has 0 atom stereocenters. The monoisotopic (exact) mass is 495 g/mol. The summed E-state index contributed by atoms with van der Waals surface area (Å²) in [5.74, 6) is 1.82. The summed E-state index contributed by atoms with van der Waals surface area (Å²) in [6.45, 7) is 4.33. The second-order valence-electron chi connectivity index (χ2n) is 7.32. The Morgan fingerprint density at radius 2 is 1.82 bits per heavy atom. The Hall–Kier alpha value is -1.90. The molecule has 0 radical (unpaired) electrons. The molecule has 0 amide bonds. The number of anilines is 1. The van der Waals surface area contributed by atoms with E-state index in [2.05, 4.69) is 25.1 Å². The minimum absolute atomic E-state index is 0. The van der Waals surface area contributed by atoms with E-state index in [4.69, 9.17) is 0 Å². The van der Waals surface area contributed by atoms with Gasteiger partial charge in [-0.15, -0.1) is 24.0 Å². The van der Waals surface area contributed by atoms with Crippen LogP contribution in [0.4, 0.5) is 10.2 Å². The van der Waals surface area contributed by atoms with E-state index >= 15 is 0 Å². The van der Waals surface area contributed by atoms with Gasteiger partial charge in [0.2, 0.25) is 0 Å². The first-order valence-corrected chi connectivity index (χ1v) is 9.58. The first kappa shape index (κ1) is 20.8. The molecule has 7 heteroatoms. The summed E-state index contributed by atoms with van der Waals surface area (Å²) in [6, 6.07) is 13.2. The smallest absolute Gasteiger partial charge is 0.193 e. The summed E-state index contributed by atoms with van der Waals surface area (Å²) in [5.41, 5.74) is 0.741. The third kappa shape index (κ3) is 4.39. The number of hydrogen-bond acceptors (Lipinski definition) is 3. The van der Waals surface area contributed by atoms with E-state index in [1.54, 1.807) is 12.1 Å². The summed E-state index contributed by atoms with van der Waals surface area (Å²) in [7, 11) is 1.82. The number of guanidine groups is 1. The lowest BCUT2D eigenvalue weighted by Gasteiger charge is -2.37. The molecule has 1 aromatic heterocycles. The molecule has 0 bridgehead atoms. The molecule has 2 heterocycles. The normalized spacial score (nSPS) is 18.4. The van der Waals surface area contributed by atoms with Crippen LogP contribution in [0.25, 0.3) is 0 Å². The highest BCUT2D eigenvalue weighted by molar-refractivity contribution is 14.0. The Balaban J connectivity index is 0.00000225. The average Bonchev–Trinajstić information content (AvgIpc) is 3.51. The van der Waals surface area contributed by atoms with E-state index in [1.807, 2.05) is 43.6 Å². The van der Waals surface area contributed by atoms with Crippen molar-refractivity contribution in [3.63, 3.8) is 0 Å². The van der Waals surface area contributed by atoms with E-state index in [0.717, 1.165) is 62.9 Å². The predicted octanol–water partition coefficient (Wildman–Crippen LogP) is 3.27. The summed E-state index contributed by atoms with van der Waals surface area (Å²) < 4.78 is 14.2. The molecule has 2 aliphatic rings. The largest absolute Gasteiger partial charge is 0.355 e. The van der Waals surface area contributed by atoms with Crippen LogP contribution in [0.3, 0.4) is 0 Å². The van der Waals surface area contributed by atoms with Crippen molar-refractivity contribution >= 4 is 35.8 Å². The Labute approximate surface area is 183 Å². The zero-order valence-corrected chi connectivity index (χ0v) is 18.5. The van der Waals surface area contributed by atoms with Crippen LogP contribution in [0.15, 0.2) is 53.7 Å². The highest BCUT2D eigenvalue weighted by Gasteiger charge is 2.46. The van der Waals surface area contributed by atoms with Crippen LogP contribution in [0.2, 0.25) is 0 Å². The molecule has 1 aliphatic heterocycles. The summed E-state index contributed by atoms with van der Waals surface area (Å²) >= 11 is 0. The van der Waals surface area contributed by atoms with Crippen LogP contribution in [-0.2, 0) is 5.41 Å². The fraction of sp³-hybridized carbons (Fsp3) is 0.429. The number of nitrogens with one attached hydrogen (secondary N) is 1. The number of aliphatic imine (C=N–C) groups is 1. The molecule has 1 aliphatic carbocycles. The standard InChI is InChI=1S/C21H26FN5.HI/c1-23-20(25-16-21(9-10-21)17-6-2-3-7-18(17)22)27-14-12-26(13-15-27)19-8-4-5-11-24-19;/h2-8,11H,9-10,12-16H2,1H3,(H,23,25);1H. The predicted molar refractivity (Wildman–Crippen MR) is 122 cm³/mol. The van der Waals surface area contributed by atoms with Gasteiger partial charge in [0, 0.05) is 51.4 Å². The van der Waals surface area contributed by atoms with Crippen LogP contribution in [0.1, 0.15) is 18.4 Å². The zero-order valence-electron chi connectivity index (χ0n) is 16.1. The molecule has 1 N–H and O–H groups in total. The van der Waals surface area contributed by atoms with E-state index < -0.39 is 0 Å². The molecular weight excluding hydrogens is 468 g/mol. The molecule has 0 unspecified atom stereocenters. The molecule has 1 aromatic carbocycles. The number of hydrogen-bond donors (Lipinski definition) is 1. The number of nitrogens with zero attached hydrogens (tertiary/aromatic N) is 4. The van der Waals surface area contributed by atoms with Crippen molar-refractivity contribution in [2.45, 2.75) is 18.3 Å². The Kier molecular flexibility index (Phi) is 6.74. The van der Waals surface area contributed by atoms with Gasteiger partial charge in [-0.1, -0.05) is 24.3 Å².